The van der Waals surface area contributed by atoms with E-state index in [0.717, 1.165) is 36.2 Å². The van der Waals surface area contributed by atoms with Crippen molar-refractivity contribution < 1.29 is 18.8 Å². The zero-order valence-electron chi connectivity index (χ0n) is 26.2. The van der Waals surface area contributed by atoms with Crippen LogP contribution >= 0.6 is 0 Å². The zero-order chi connectivity index (χ0) is 28.9. The van der Waals surface area contributed by atoms with Crippen molar-refractivity contribution in [1.82, 2.24) is 0 Å². The fourth-order valence-electron chi connectivity index (χ4n) is 5.43. The predicted octanol–water partition coefficient (Wildman–Crippen LogP) is 9.16. The van der Waals surface area contributed by atoms with E-state index in [4.69, 9.17) is 9.47 Å². The molecule has 0 fully saturated rings. The van der Waals surface area contributed by atoms with Gasteiger partial charge in [-0.2, -0.15) is 0 Å². The average Bonchev–Trinajstić information content (AvgIpc) is 2.95. The van der Waals surface area contributed by atoms with Gasteiger partial charge in [0.1, 0.15) is 18.2 Å². The standard InChI is InChI=1S/C36H58NO3/c1-5-7-8-9-10-11-12-13-14-15-17-22-32-25-20-26-35(29-32)39-27-21-28-40-36(38)34(6-2)31-37(3,4)30-33-23-18-16-19-24-33/h16,18-20,23-26,29,34H,5-15,17,21-22,27-28,30-31H2,1-4H3/q+1. The van der Waals surface area contributed by atoms with Crippen molar-refractivity contribution in [1.29, 1.82) is 0 Å². The molecule has 0 aliphatic carbocycles. The van der Waals surface area contributed by atoms with Gasteiger partial charge >= 0.3 is 5.97 Å². The number of quaternary nitrogens is 1. The minimum atomic E-state index is -0.0909. The maximum absolute atomic E-state index is 12.8. The smallest absolute Gasteiger partial charge is 0.314 e. The quantitative estimate of drug-likeness (QED) is 0.0783. The van der Waals surface area contributed by atoms with E-state index in [1.165, 1.54) is 81.8 Å². The molecule has 0 saturated heterocycles. The minimum Gasteiger partial charge on any atom is -0.493 e. The van der Waals surface area contributed by atoms with Gasteiger partial charge in [-0.25, -0.2) is 0 Å². The highest BCUT2D eigenvalue weighted by molar-refractivity contribution is 5.72. The van der Waals surface area contributed by atoms with Crippen molar-refractivity contribution in [2.45, 2.75) is 110 Å². The third-order valence-corrected chi connectivity index (χ3v) is 7.76. The number of aryl methyl sites for hydroxylation is 1. The van der Waals surface area contributed by atoms with Crippen LogP contribution < -0.4 is 4.74 Å². The molecule has 0 amide bonds. The second-order valence-corrected chi connectivity index (χ2v) is 12.2. The summed E-state index contributed by atoms with van der Waals surface area (Å²) in [6.07, 6.45) is 17.7. The van der Waals surface area contributed by atoms with Gasteiger partial charge in [0.15, 0.2) is 0 Å². The van der Waals surface area contributed by atoms with Crippen LogP contribution in [0.1, 0.15) is 108 Å². The number of benzene rings is 2. The summed E-state index contributed by atoms with van der Waals surface area (Å²) in [6, 6.07) is 18.9. The Hall–Kier alpha value is -2.33. The van der Waals surface area contributed by atoms with Crippen LogP contribution in [0.2, 0.25) is 0 Å². The second kappa shape index (κ2) is 20.5. The van der Waals surface area contributed by atoms with Crippen LogP contribution in [0.5, 0.6) is 5.75 Å². The molecule has 0 aromatic heterocycles. The van der Waals surface area contributed by atoms with Crippen LogP contribution in [0.4, 0.5) is 0 Å². The lowest BCUT2D eigenvalue weighted by atomic mass is 10.0. The highest BCUT2D eigenvalue weighted by Crippen LogP contribution is 2.18. The molecular formula is C36H58NO3+. The maximum atomic E-state index is 12.8. The Bertz CT molecular complexity index is 911. The summed E-state index contributed by atoms with van der Waals surface area (Å²) in [7, 11) is 4.37. The zero-order valence-corrected chi connectivity index (χ0v) is 26.2. The summed E-state index contributed by atoms with van der Waals surface area (Å²) in [5.41, 5.74) is 2.64. The maximum Gasteiger partial charge on any atom is 0.314 e. The Morgan fingerprint density at radius 3 is 2.00 bits per heavy atom. The van der Waals surface area contributed by atoms with Gasteiger partial charge in [-0.3, -0.25) is 4.79 Å². The SMILES string of the molecule is CCCCCCCCCCCCCc1cccc(OCCCOC(=O)C(CC)C[N+](C)(C)Cc2ccccc2)c1. The molecule has 0 radical (unpaired) electrons. The highest BCUT2D eigenvalue weighted by Gasteiger charge is 2.27. The molecule has 1 unspecified atom stereocenters. The first kappa shape index (κ1) is 33.9. The molecule has 2 rings (SSSR count). The molecule has 224 valence electrons. The van der Waals surface area contributed by atoms with Gasteiger partial charge < -0.3 is 14.0 Å². The minimum absolute atomic E-state index is 0.0873. The van der Waals surface area contributed by atoms with Crippen molar-refractivity contribution in [3.8, 4) is 5.75 Å². The topological polar surface area (TPSA) is 35.5 Å². The summed E-state index contributed by atoms with van der Waals surface area (Å²) in [4.78, 5) is 12.8. The molecule has 4 nitrogen and oxygen atoms in total. The summed E-state index contributed by atoms with van der Waals surface area (Å²) < 4.78 is 12.4. The molecule has 0 aliphatic heterocycles. The molecule has 1 atom stereocenters. The van der Waals surface area contributed by atoms with Gasteiger partial charge in [0, 0.05) is 12.0 Å². The first-order chi connectivity index (χ1) is 19.4. The molecule has 0 N–H and O–H groups in total. The van der Waals surface area contributed by atoms with Crippen molar-refractivity contribution >= 4 is 5.97 Å². The van der Waals surface area contributed by atoms with Crippen LogP contribution in [-0.4, -0.2) is 44.3 Å². The van der Waals surface area contributed by atoms with E-state index in [-0.39, 0.29) is 11.9 Å². The Balaban J connectivity index is 1.57. The number of nitrogens with zero attached hydrogens (tertiary/aromatic N) is 1. The fourth-order valence-corrected chi connectivity index (χ4v) is 5.43. The number of carbonyl (C=O) groups is 1. The van der Waals surface area contributed by atoms with Gasteiger partial charge in [0.2, 0.25) is 0 Å². The monoisotopic (exact) mass is 552 g/mol. The van der Waals surface area contributed by atoms with E-state index in [0.29, 0.717) is 19.6 Å². The lowest BCUT2D eigenvalue weighted by Gasteiger charge is -2.32. The normalized spacial score (nSPS) is 12.3. The fraction of sp³-hybridized carbons (Fsp3) is 0.639. The van der Waals surface area contributed by atoms with Gasteiger partial charge in [-0.15, -0.1) is 0 Å². The highest BCUT2D eigenvalue weighted by atomic mass is 16.5. The van der Waals surface area contributed by atoms with Gasteiger partial charge in [-0.1, -0.05) is 121 Å². The molecule has 2 aromatic carbocycles. The van der Waals surface area contributed by atoms with E-state index < -0.39 is 0 Å². The Morgan fingerprint density at radius 2 is 1.35 bits per heavy atom. The second-order valence-electron chi connectivity index (χ2n) is 12.2. The number of unbranched alkanes of at least 4 members (excludes halogenated alkanes) is 10. The van der Waals surface area contributed by atoms with Crippen molar-refractivity contribution in [3.63, 3.8) is 0 Å². The lowest BCUT2D eigenvalue weighted by Crippen LogP contribution is -2.44. The summed E-state index contributed by atoms with van der Waals surface area (Å²) in [5, 5.41) is 0. The number of ether oxygens (including phenoxy) is 2. The van der Waals surface area contributed by atoms with E-state index in [1.54, 1.807) is 0 Å². The summed E-state index contributed by atoms with van der Waals surface area (Å²) in [5.74, 6) is 0.737. The van der Waals surface area contributed by atoms with Crippen LogP contribution in [0.25, 0.3) is 0 Å². The lowest BCUT2D eigenvalue weighted by molar-refractivity contribution is -0.906. The third kappa shape index (κ3) is 15.5. The molecule has 2 aromatic rings. The van der Waals surface area contributed by atoms with Crippen LogP contribution in [-0.2, 0) is 22.5 Å². The molecule has 4 heteroatoms. The van der Waals surface area contributed by atoms with E-state index >= 15 is 0 Å². The van der Waals surface area contributed by atoms with Crippen LogP contribution in [0.3, 0.4) is 0 Å². The number of rotatable bonds is 23. The molecule has 0 bridgehead atoms. The Kier molecular flexibility index (Phi) is 17.4. The number of hydrogen-bond acceptors (Lipinski definition) is 3. The number of esters is 1. The molecular weight excluding hydrogens is 494 g/mol. The van der Waals surface area contributed by atoms with Crippen molar-refractivity contribution in [2.24, 2.45) is 5.92 Å². The summed E-state index contributed by atoms with van der Waals surface area (Å²) >= 11 is 0. The summed E-state index contributed by atoms with van der Waals surface area (Å²) in [6.45, 7) is 6.98. The molecule has 0 spiro atoms. The number of carbonyl (C=O) groups excluding carboxylic acids is 1. The van der Waals surface area contributed by atoms with Gasteiger partial charge in [-0.05, 0) is 37.0 Å². The van der Waals surface area contributed by atoms with Gasteiger partial charge in [0.05, 0.1) is 33.9 Å². The Morgan fingerprint density at radius 1 is 0.725 bits per heavy atom. The first-order valence-corrected chi connectivity index (χ1v) is 16.2. The van der Waals surface area contributed by atoms with Crippen molar-refractivity contribution in [2.75, 3.05) is 33.9 Å². The van der Waals surface area contributed by atoms with Crippen molar-refractivity contribution in [3.05, 3.63) is 65.7 Å². The van der Waals surface area contributed by atoms with E-state index in [1.807, 2.05) is 12.1 Å². The largest absolute Gasteiger partial charge is 0.493 e. The number of hydrogen-bond donors (Lipinski definition) is 0. The third-order valence-electron chi connectivity index (χ3n) is 7.76. The average molecular weight is 553 g/mol. The Labute approximate surface area is 246 Å². The van der Waals surface area contributed by atoms with Crippen LogP contribution in [0.15, 0.2) is 54.6 Å². The van der Waals surface area contributed by atoms with Crippen LogP contribution in [0, 0.1) is 5.92 Å². The van der Waals surface area contributed by atoms with Gasteiger partial charge in [0.25, 0.3) is 0 Å². The van der Waals surface area contributed by atoms with E-state index in [2.05, 4.69) is 70.4 Å². The molecule has 0 aliphatic rings. The predicted molar refractivity (Wildman–Crippen MR) is 169 cm³/mol. The molecule has 40 heavy (non-hydrogen) atoms. The van der Waals surface area contributed by atoms with E-state index in [9.17, 15) is 4.79 Å². The first-order valence-electron chi connectivity index (χ1n) is 16.2. The molecule has 0 saturated carbocycles. The molecule has 0 heterocycles.